The molecular formula is C53H61N15O11. The number of nitrogens with two attached hydrogens (primary N) is 1. The molecule has 79 heavy (non-hydrogen) atoms. The number of rotatable bonds is 22. The van der Waals surface area contributed by atoms with Gasteiger partial charge < -0.3 is 55.5 Å². The van der Waals surface area contributed by atoms with Crippen LogP contribution in [-0.2, 0) is 32.0 Å². The molecule has 7 N–H and O–H groups in total. The summed E-state index contributed by atoms with van der Waals surface area (Å²) in [5.74, 6) is -2.87. The Kier molecular flexibility index (Phi) is 16.7. The molecule has 0 saturated carbocycles. The third kappa shape index (κ3) is 12.5. The average molecular weight is 1080 g/mol. The van der Waals surface area contributed by atoms with Crippen LogP contribution in [0, 0.1) is 5.92 Å². The van der Waals surface area contributed by atoms with Gasteiger partial charge in [-0.25, -0.2) is 14.2 Å². The maximum Gasteiger partial charge on any atom is 0.336 e. The van der Waals surface area contributed by atoms with Crippen molar-refractivity contribution in [1.82, 2.24) is 54.7 Å². The van der Waals surface area contributed by atoms with Crippen LogP contribution in [0.2, 0.25) is 0 Å². The number of benzene rings is 3. The first-order chi connectivity index (χ1) is 38.1. The fraction of sp³-hybridized carbons (Fsp3) is 0.415. The number of amides is 2. The van der Waals surface area contributed by atoms with Crippen LogP contribution in [-0.4, -0.2) is 164 Å². The highest BCUT2D eigenvalue weighted by molar-refractivity contribution is 6.08. The molecular weight excluding hydrogens is 1020 g/mol. The van der Waals surface area contributed by atoms with Gasteiger partial charge >= 0.3 is 17.9 Å². The Bertz CT molecular complexity index is 3400. The van der Waals surface area contributed by atoms with E-state index in [2.05, 4.69) is 25.9 Å². The monoisotopic (exact) mass is 1080 g/mol. The van der Waals surface area contributed by atoms with Crippen molar-refractivity contribution in [3.05, 3.63) is 94.2 Å². The summed E-state index contributed by atoms with van der Waals surface area (Å²) in [6.07, 6.45) is 5.82. The Morgan fingerprint density at radius 3 is 1.94 bits per heavy atom. The van der Waals surface area contributed by atoms with Gasteiger partial charge in [0.15, 0.2) is 5.43 Å². The number of aliphatic carboxylic acids is 2. The lowest BCUT2D eigenvalue weighted by atomic mass is 9.90. The van der Waals surface area contributed by atoms with Crippen LogP contribution in [0.3, 0.4) is 0 Å². The number of phenolic OH excluding ortho intramolecular Hbond substituents is 1. The molecule has 1 aliphatic carbocycles. The number of unbranched alkanes of at least 4 members (excludes halogenated alkanes) is 1. The lowest BCUT2D eigenvalue weighted by molar-refractivity contribution is -0.138. The summed E-state index contributed by atoms with van der Waals surface area (Å²) in [6.45, 7) is 6.85. The summed E-state index contributed by atoms with van der Waals surface area (Å²) >= 11 is 0. The van der Waals surface area contributed by atoms with Gasteiger partial charge in [0.1, 0.15) is 29.2 Å². The summed E-state index contributed by atoms with van der Waals surface area (Å²) in [5.41, 5.74) is 8.15. The van der Waals surface area contributed by atoms with Crippen LogP contribution in [0.25, 0.3) is 33.4 Å². The number of fused-ring (bicyclic) bond motifs is 2. The van der Waals surface area contributed by atoms with Gasteiger partial charge in [-0.15, -0.1) is 10.2 Å². The van der Waals surface area contributed by atoms with Crippen LogP contribution in [0.1, 0.15) is 86.2 Å². The minimum atomic E-state index is -1.25. The Balaban J connectivity index is 0.999. The Morgan fingerprint density at radius 2 is 1.33 bits per heavy atom. The van der Waals surface area contributed by atoms with E-state index in [9.17, 15) is 49.2 Å². The Hall–Kier alpha value is -9.07. The van der Waals surface area contributed by atoms with Crippen molar-refractivity contribution in [2.75, 3.05) is 74.0 Å². The number of hydrogen-bond acceptors (Lipinski definition) is 19. The van der Waals surface area contributed by atoms with E-state index in [0.717, 1.165) is 0 Å². The summed E-state index contributed by atoms with van der Waals surface area (Å²) in [6, 6.07) is 12.1. The molecule has 5 aromatic rings. The first-order valence-electron chi connectivity index (χ1n) is 26.2. The first-order valence-corrected chi connectivity index (χ1v) is 26.2. The van der Waals surface area contributed by atoms with E-state index in [1.165, 1.54) is 39.7 Å². The zero-order valence-electron chi connectivity index (χ0n) is 43.6. The highest BCUT2D eigenvalue weighted by Gasteiger charge is 2.35. The lowest BCUT2D eigenvalue weighted by Gasteiger charge is -2.38. The Labute approximate surface area is 451 Å². The number of aryl methyl sites for hydroxylation is 2. The fourth-order valence-electron chi connectivity index (χ4n) is 9.95. The quantitative estimate of drug-likeness (QED) is 0.0411. The molecule has 2 fully saturated rings. The smallest absolute Gasteiger partial charge is 0.336 e. The number of carbonyl (C=O) groups excluding carboxylic acids is 2. The average Bonchev–Trinajstić information content (AvgIpc) is 4.18. The van der Waals surface area contributed by atoms with Crippen molar-refractivity contribution in [3.63, 3.8) is 0 Å². The van der Waals surface area contributed by atoms with Crippen LogP contribution in [0.4, 0.5) is 23.5 Å². The number of nitrogens with zero attached hydrogens (tertiary/aromatic N) is 13. The van der Waals surface area contributed by atoms with Crippen LogP contribution in [0.5, 0.6) is 5.75 Å². The number of hydrogen-bond donors (Lipinski definition) is 6. The fourth-order valence-corrected chi connectivity index (χ4v) is 9.95. The van der Waals surface area contributed by atoms with E-state index in [4.69, 9.17) is 25.1 Å². The normalized spacial score (nSPS) is 15.1. The van der Waals surface area contributed by atoms with Gasteiger partial charge in [0.25, 0.3) is 0 Å². The number of carbonyl (C=O) groups is 5. The van der Waals surface area contributed by atoms with Crippen molar-refractivity contribution in [1.29, 1.82) is 0 Å². The van der Waals surface area contributed by atoms with Crippen molar-refractivity contribution in [2.45, 2.75) is 77.3 Å². The third-order valence-corrected chi connectivity index (χ3v) is 14.4. The molecule has 414 valence electrons. The molecule has 6 heterocycles. The summed E-state index contributed by atoms with van der Waals surface area (Å²) in [4.78, 5) is 98.8. The molecule has 2 amide bonds. The van der Waals surface area contributed by atoms with E-state index >= 15 is 0 Å². The van der Waals surface area contributed by atoms with Gasteiger partial charge in [0.2, 0.25) is 29.7 Å². The van der Waals surface area contributed by atoms with Gasteiger partial charge in [-0.3, -0.25) is 24.0 Å². The molecule has 0 unspecified atom stereocenters. The van der Waals surface area contributed by atoms with Crippen molar-refractivity contribution >= 4 is 64.2 Å². The van der Waals surface area contributed by atoms with Crippen molar-refractivity contribution < 1.29 is 48.8 Å². The molecule has 0 spiro atoms. The standard InChI is InChI=1S/C53H61N15O11/c1-3-31(2)47(68-30-34(60-62-68)9-16-45(73)74)49(76)64-20-24-66(25-21-64)53-57-51(55-32-7-12-37(40(26-32)50(77)78)46-38-13-10-35(69)27-42(38)79-43-28-36(70)11-14-39(43)46)56-52(58-53)65-22-18-63(19-23-65)48(75)41(6-4-5-17-54)67-29-33(59-61-67)8-15-44(71)72/h7,10-14,26-31,41,47,69H,3-6,8-9,15-25,54H2,1-2H3,(H,71,72)(H,73,74)(H,77,78)(H,55,56,57,58)/t31-,41-,47-/m0/s1. The zero-order chi connectivity index (χ0) is 55.9. The maximum absolute atomic E-state index is 14.3. The Morgan fingerprint density at radius 1 is 0.722 bits per heavy atom. The predicted molar refractivity (Wildman–Crippen MR) is 286 cm³/mol. The van der Waals surface area contributed by atoms with Crippen molar-refractivity contribution in [3.8, 4) is 28.2 Å². The molecule has 4 aliphatic rings. The van der Waals surface area contributed by atoms with E-state index < -0.39 is 30.0 Å². The molecule has 0 bridgehead atoms. The molecule has 26 heteroatoms. The van der Waals surface area contributed by atoms with Gasteiger partial charge in [0.05, 0.1) is 29.8 Å². The number of carboxylic acids is 3. The molecule has 3 aliphatic heterocycles. The summed E-state index contributed by atoms with van der Waals surface area (Å²) in [5, 5.41) is 60.0. The summed E-state index contributed by atoms with van der Waals surface area (Å²) < 4.78 is 9.04. The number of piperazine rings is 2. The van der Waals surface area contributed by atoms with E-state index in [1.54, 1.807) is 46.5 Å². The molecule has 2 saturated heterocycles. The SMILES string of the molecule is CC[C@H](C)[C@@H](C(=O)N1CCN(c2nc(Nc3ccc(-c4c5ccc(=O)cc-5oc5cc(O)ccc45)c(C(=O)O)c3)nc(N3CCN(C(=O)[C@H](CCCCN)n4cc(CCC(=O)O)nn4)CC3)n2)CC1)n1cc(CCC(=O)O)nn1. The van der Waals surface area contributed by atoms with Crippen molar-refractivity contribution in [2.24, 2.45) is 11.7 Å². The topological polar surface area (TPSA) is 348 Å². The van der Waals surface area contributed by atoms with Gasteiger partial charge in [0, 0.05) is 112 Å². The number of phenols is 1. The molecule has 26 nitrogen and oxygen atoms in total. The minimum Gasteiger partial charge on any atom is -0.508 e. The van der Waals surface area contributed by atoms with Gasteiger partial charge in [-0.2, -0.15) is 15.0 Å². The summed E-state index contributed by atoms with van der Waals surface area (Å²) in [7, 11) is 0. The number of aromatic carboxylic acids is 1. The zero-order valence-corrected chi connectivity index (χ0v) is 43.6. The lowest BCUT2D eigenvalue weighted by Crippen LogP contribution is -2.52. The maximum atomic E-state index is 14.3. The van der Waals surface area contributed by atoms with Crippen LogP contribution < -0.4 is 26.3 Å². The molecule has 3 atom stereocenters. The minimum absolute atomic E-state index is 0.0826. The third-order valence-electron chi connectivity index (χ3n) is 14.4. The van der Waals surface area contributed by atoms with E-state index in [1.807, 2.05) is 23.6 Å². The second-order valence-corrected chi connectivity index (χ2v) is 19.7. The molecule has 9 rings (SSSR count). The highest BCUT2D eigenvalue weighted by Crippen LogP contribution is 2.43. The number of aromatic hydroxyl groups is 1. The van der Waals surface area contributed by atoms with E-state index in [0.29, 0.717) is 111 Å². The number of carboxylic acid groups (broad SMARTS) is 3. The van der Waals surface area contributed by atoms with Gasteiger partial charge in [-0.05, 0) is 73.7 Å². The second-order valence-electron chi connectivity index (χ2n) is 19.7. The number of aromatic nitrogens is 9. The number of anilines is 4. The molecule has 3 aromatic heterocycles. The van der Waals surface area contributed by atoms with E-state index in [-0.39, 0.29) is 102 Å². The second kappa shape index (κ2) is 24.1. The first kappa shape index (κ1) is 54.7. The largest absolute Gasteiger partial charge is 0.508 e. The predicted octanol–water partition coefficient (Wildman–Crippen LogP) is 4.07. The number of nitrogens with one attached hydrogen (secondary N) is 1. The molecule has 0 radical (unpaired) electrons. The van der Waals surface area contributed by atoms with Crippen LogP contribution >= 0.6 is 0 Å². The highest BCUT2D eigenvalue weighted by atomic mass is 16.4. The van der Waals surface area contributed by atoms with Gasteiger partial charge in [-0.1, -0.05) is 36.8 Å². The molecule has 2 aromatic carbocycles. The van der Waals surface area contributed by atoms with Crippen LogP contribution in [0.15, 0.2) is 76.2 Å².